The van der Waals surface area contributed by atoms with Crippen LogP contribution in [0.3, 0.4) is 0 Å². The number of phenolic OH excluding ortho intramolecular Hbond substituents is 2. The molecule has 0 bridgehead atoms. The molecule has 1 saturated heterocycles. The second-order valence-corrected chi connectivity index (χ2v) is 3.41. The van der Waals surface area contributed by atoms with Crippen molar-refractivity contribution in [1.82, 2.24) is 0 Å². The van der Waals surface area contributed by atoms with Gasteiger partial charge in [-0.3, -0.25) is 0 Å². The fourth-order valence-electron chi connectivity index (χ4n) is 1.17. The minimum Gasteiger partial charge on any atom is -0.504 e. The number of aromatic carboxylic acids is 1. The smallest absolute Gasteiger partial charge is 0.335 e. The van der Waals surface area contributed by atoms with Crippen LogP contribution < -0.4 is 4.74 Å². The van der Waals surface area contributed by atoms with Gasteiger partial charge in [-0.1, -0.05) is 0 Å². The fraction of sp³-hybridized carbons (Fsp3) is 0.300. The molecule has 1 unspecified atom stereocenters. The maximum Gasteiger partial charge on any atom is 0.335 e. The lowest BCUT2D eigenvalue weighted by molar-refractivity contribution is 0.0695. The van der Waals surface area contributed by atoms with E-state index in [2.05, 4.69) is 0 Å². The zero-order valence-electron chi connectivity index (χ0n) is 8.21. The van der Waals surface area contributed by atoms with Crippen LogP contribution in [-0.2, 0) is 4.74 Å². The molecule has 0 radical (unpaired) electrons. The minimum atomic E-state index is -1.21. The van der Waals surface area contributed by atoms with Crippen LogP contribution >= 0.6 is 0 Å². The lowest BCUT2D eigenvalue weighted by Gasteiger charge is -2.08. The summed E-state index contributed by atoms with van der Waals surface area (Å²) in [6.45, 7) is 0.807. The highest BCUT2D eigenvalue weighted by atomic mass is 16.6. The van der Waals surface area contributed by atoms with Crippen LogP contribution in [0, 0.1) is 0 Å². The fourth-order valence-corrected chi connectivity index (χ4v) is 1.17. The summed E-state index contributed by atoms with van der Waals surface area (Å²) < 4.78 is 10.0. The first-order valence-corrected chi connectivity index (χ1v) is 4.61. The standard InChI is InChI=1S/C10H10O6/c11-7-1-5(10(13)14)2-8(9(7)12)16-4-6-3-15-6/h1-2,6,11-12H,3-4H2,(H,13,14). The minimum absolute atomic E-state index is 0.0185. The van der Waals surface area contributed by atoms with Crippen molar-refractivity contribution in [1.29, 1.82) is 0 Å². The van der Waals surface area contributed by atoms with E-state index in [9.17, 15) is 15.0 Å². The summed E-state index contributed by atoms with van der Waals surface area (Å²) in [7, 11) is 0. The molecule has 6 heteroatoms. The van der Waals surface area contributed by atoms with Crippen molar-refractivity contribution < 1.29 is 29.6 Å². The van der Waals surface area contributed by atoms with Crippen LogP contribution in [0.2, 0.25) is 0 Å². The van der Waals surface area contributed by atoms with Gasteiger partial charge in [0.2, 0.25) is 5.75 Å². The molecular weight excluding hydrogens is 216 g/mol. The first-order chi connectivity index (χ1) is 7.58. The second-order valence-electron chi connectivity index (χ2n) is 3.41. The summed E-state index contributed by atoms with van der Waals surface area (Å²) in [6, 6.07) is 2.11. The van der Waals surface area contributed by atoms with Crippen molar-refractivity contribution in [3.8, 4) is 17.2 Å². The van der Waals surface area contributed by atoms with E-state index in [0.29, 0.717) is 6.61 Å². The Labute approximate surface area is 90.7 Å². The van der Waals surface area contributed by atoms with Crippen molar-refractivity contribution in [2.45, 2.75) is 6.10 Å². The Kier molecular flexibility index (Phi) is 2.57. The number of benzene rings is 1. The van der Waals surface area contributed by atoms with Gasteiger partial charge in [-0.15, -0.1) is 0 Å². The summed E-state index contributed by atoms with van der Waals surface area (Å²) in [5.74, 6) is -2.26. The summed E-state index contributed by atoms with van der Waals surface area (Å²) in [5, 5.41) is 27.5. The first-order valence-electron chi connectivity index (χ1n) is 4.61. The molecule has 6 nitrogen and oxygen atoms in total. The van der Waals surface area contributed by atoms with Crippen LogP contribution in [0.25, 0.3) is 0 Å². The third-order valence-corrected chi connectivity index (χ3v) is 2.13. The highest BCUT2D eigenvalue weighted by molar-refractivity contribution is 5.89. The maximum atomic E-state index is 10.7. The molecule has 2 rings (SSSR count). The number of phenols is 2. The number of hydrogen-bond acceptors (Lipinski definition) is 5. The molecule has 1 fully saturated rings. The number of aromatic hydroxyl groups is 2. The van der Waals surface area contributed by atoms with Gasteiger partial charge >= 0.3 is 5.97 Å². The van der Waals surface area contributed by atoms with Crippen LogP contribution in [0.15, 0.2) is 12.1 Å². The molecule has 1 heterocycles. The third kappa shape index (κ3) is 2.17. The molecule has 0 aromatic heterocycles. The van der Waals surface area contributed by atoms with Crippen molar-refractivity contribution >= 4 is 5.97 Å². The van der Waals surface area contributed by atoms with Crippen molar-refractivity contribution in [3.63, 3.8) is 0 Å². The Morgan fingerprint density at radius 1 is 1.50 bits per heavy atom. The Bertz CT molecular complexity index is 424. The predicted octanol–water partition coefficient (Wildman–Crippen LogP) is 0.574. The van der Waals surface area contributed by atoms with Crippen molar-refractivity contribution in [2.24, 2.45) is 0 Å². The number of ether oxygens (including phenoxy) is 2. The molecule has 0 saturated carbocycles. The number of carboxylic acid groups (broad SMARTS) is 1. The molecule has 1 aliphatic heterocycles. The molecule has 1 aliphatic rings. The lowest BCUT2D eigenvalue weighted by Crippen LogP contribution is -2.05. The van der Waals surface area contributed by atoms with E-state index in [1.54, 1.807) is 0 Å². The zero-order chi connectivity index (χ0) is 11.7. The molecule has 0 aliphatic carbocycles. The number of epoxide rings is 1. The van der Waals surface area contributed by atoms with Crippen LogP contribution in [0.1, 0.15) is 10.4 Å². The molecule has 16 heavy (non-hydrogen) atoms. The van der Waals surface area contributed by atoms with E-state index in [1.807, 2.05) is 0 Å². The second kappa shape index (κ2) is 3.90. The molecule has 3 N–H and O–H groups in total. The Balaban J connectivity index is 2.22. The van der Waals surface area contributed by atoms with Gasteiger partial charge in [-0.05, 0) is 12.1 Å². The summed E-state index contributed by atoms with van der Waals surface area (Å²) >= 11 is 0. The van der Waals surface area contributed by atoms with Crippen LogP contribution in [0.5, 0.6) is 17.2 Å². The van der Waals surface area contributed by atoms with Gasteiger partial charge < -0.3 is 24.8 Å². The van der Waals surface area contributed by atoms with Crippen molar-refractivity contribution in [2.75, 3.05) is 13.2 Å². The average molecular weight is 226 g/mol. The Morgan fingerprint density at radius 3 is 2.75 bits per heavy atom. The van der Waals surface area contributed by atoms with Crippen LogP contribution in [-0.4, -0.2) is 40.6 Å². The monoisotopic (exact) mass is 226 g/mol. The maximum absolute atomic E-state index is 10.7. The molecule has 1 aromatic carbocycles. The van der Waals surface area contributed by atoms with Gasteiger partial charge in [0.1, 0.15) is 12.7 Å². The molecular formula is C10H10O6. The first kappa shape index (κ1) is 10.6. The van der Waals surface area contributed by atoms with Crippen LogP contribution in [0.4, 0.5) is 0 Å². The van der Waals surface area contributed by atoms with Gasteiger partial charge in [0, 0.05) is 0 Å². The predicted molar refractivity (Wildman–Crippen MR) is 52.0 cm³/mol. The van der Waals surface area contributed by atoms with Gasteiger partial charge in [0.25, 0.3) is 0 Å². The van der Waals surface area contributed by atoms with Crippen molar-refractivity contribution in [3.05, 3.63) is 17.7 Å². The lowest BCUT2D eigenvalue weighted by atomic mass is 10.2. The zero-order valence-corrected chi connectivity index (χ0v) is 8.21. The highest BCUT2D eigenvalue weighted by Gasteiger charge is 2.24. The van der Waals surface area contributed by atoms with E-state index < -0.39 is 17.5 Å². The Morgan fingerprint density at radius 2 is 2.19 bits per heavy atom. The van der Waals surface area contributed by atoms with Gasteiger partial charge in [0.15, 0.2) is 11.5 Å². The van der Waals surface area contributed by atoms with E-state index in [0.717, 1.165) is 12.1 Å². The van der Waals surface area contributed by atoms with E-state index in [4.69, 9.17) is 14.6 Å². The third-order valence-electron chi connectivity index (χ3n) is 2.13. The van der Waals surface area contributed by atoms with Gasteiger partial charge in [0.05, 0.1) is 12.2 Å². The summed E-state index contributed by atoms with van der Waals surface area (Å²) in [6.07, 6.45) is -0.0185. The highest BCUT2D eigenvalue weighted by Crippen LogP contribution is 2.36. The SMILES string of the molecule is O=C(O)c1cc(O)c(O)c(OCC2CO2)c1. The molecule has 1 aromatic rings. The topological polar surface area (TPSA) is 99.5 Å². The number of rotatable bonds is 4. The molecule has 0 amide bonds. The van der Waals surface area contributed by atoms with E-state index in [-0.39, 0.29) is 24.0 Å². The average Bonchev–Trinajstić information content (AvgIpc) is 3.03. The Hall–Kier alpha value is -1.95. The summed E-state index contributed by atoms with van der Waals surface area (Å²) in [4.78, 5) is 10.7. The number of carboxylic acids is 1. The van der Waals surface area contributed by atoms with E-state index in [1.165, 1.54) is 0 Å². The number of carbonyl (C=O) groups is 1. The molecule has 1 atom stereocenters. The normalized spacial score (nSPS) is 18.1. The summed E-state index contributed by atoms with van der Waals surface area (Å²) in [5.41, 5.74) is -0.151. The molecule has 86 valence electrons. The van der Waals surface area contributed by atoms with Gasteiger partial charge in [-0.2, -0.15) is 0 Å². The van der Waals surface area contributed by atoms with Gasteiger partial charge in [-0.25, -0.2) is 4.79 Å². The number of hydrogen-bond donors (Lipinski definition) is 3. The quantitative estimate of drug-likeness (QED) is 0.512. The largest absolute Gasteiger partial charge is 0.504 e. The molecule has 0 spiro atoms. The van der Waals surface area contributed by atoms with E-state index >= 15 is 0 Å².